The van der Waals surface area contributed by atoms with Gasteiger partial charge in [-0.25, -0.2) is 4.39 Å². The van der Waals surface area contributed by atoms with E-state index >= 15 is 0 Å². The predicted molar refractivity (Wildman–Crippen MR) is 60.5 cm³/mol. The number of hydrogen-bond donors (Lipinski definition) is 2. The molecule has 15 heavy (non-hydrogen) atoms. The molecule has 0 aliphatic rings. The first-order valence-electron chi connectivity index (χ1n) is 5.11. The number of halogens is 1. The van der Waals surface area contributed by atoms with Gasteiger partial charge in [0.1, 0.15) is 6.67 Å². The van der Waals surface area contributed by atoms with Gasteiger partial charge in [-0.15, -0.1) is 0 Å². The van der Waals surface area contributed by atoms with Crippen molar-refractivity contribution in [2.75, 3.05) is 0 Å². The number of aromatic nitrogens is 1. The summed E-state index contributed by atoms with van der Waals surface area (Å²) in [6.45, 7) is 1.55. The van der Waals surface area contributed by atoms with Gasteiger partial charge in [-0.2, -0.15) is 0 Å². The number of rotatable bonds is 3. The van der Waals surface area contributed by atoms with Gasteiger partial charge in [-0.3, -0.25) is 0 Å². The minimum Gasteiger partial charge on any atom is -0.361 e. The molecule has 0 aliphatic heterocycles. The molecule has 1 unspecified atom stereocenters. The zero-order valence-electron chi connectivity index (χ0n) is 8.76. The third-order valence-electron chi connectivity index (χ3n) is 2.53. The van der Waals surface area contributed by atoms with E-state index in [9.17, 15) is 4.39 Å². The van der Waals surface area contributed by atoms with Crippen LogP contribution >= 0.6 is 0 Å². The molecule has 0 saturated carbocycles. The molecule has 80 valence electrons. The van der Waals surface area contributed by atoms with Gasteiger partial charge in [0, 0.05) is 23.1 Å². The summed E-state index contributed by atoms with van der Waals surface area (Å²) in [4.78, 5) is 3.17. The number of hydrogen-bond acceptors (Lipinski definition) is 1. The van der Waals surface area contributed by atoms with Crippen molar-refractivity contribution in [1.82, 2.24) is 4.98 Å². The fourth-order valence-electron chi connectivity index (χ4n) is 1.82. The molecule has 2 aromatic rings. The maximum absolute atomic E-state index is 12.5. The minimum atomic E-state index is -0.418. The van der Waals surface area contributed by atoms with E-state index in [1.54, 1.807) is 6.07 Å². The summed E-state index contributed by atoms with van der Waals surface area (Å²) in [5, 5.41) is 1.09. The van der Waals surface area contributed by atoms with Crippen LogP contribution in [-0.4, -0.2) is 11.0 Å². The number of alkyl halides is 1. The molecule has 0 fully saturated rings. The number of fused-ring (bicyclic) bond motifs is 1. The Hall–Kier alpha value is -1.35. The number of benzene rings is 1. The highest BCUT2D eigenvalue weighted by Crippen LogP contribution is 2.21. The molecule has 1 aromatic carbocycles. The average Bonchev–Trinajstić information content (AvgIpc) is 2.60. The third kappa shape index (κ3) is 2.02. The monoisotopic (exact) mass is 206 g/mol. The van der Waals surface area contributed by atoms with Crippen LogP contribution < -0.4 is 5.73 Å². The Bertz CT molecular complexity index is 460. The Morgan fingerprint density at radius 1 is 1.47 bits per heavy atom. The van der Waals surface area contributed by atoms with Crippen LogP contribution in [0.5, 0.6) is 0 Å². The standard InChI is InChI=1S/C12H15FN2/c1-8(14)4-10-7-15-12-3-2-9(6-13)5-11(10)12/h2-3,5,7-8,15H,4,6,14H2,1H3. The largest absolute Gasteiger partial charge is 0.361 e. The smallest absolute Gasteiger partial charge is 0.115 e. The van der Waals surface area contributed by atoms with Crippen LogP contribution in [-0.2, 0) is 13.1 Å². The molecule has 0 spiro atoms. The molecule has 1 atom stereocenters. The van der Waals surface area contributed by atoms with E-state index in [4.69, 9.17) is 5.73 Å². The lowest BCUT2D eigenvalue weighted by Crippen LogP contribution is -2.17. The van der Waals surface area contributed by atoms with Crippen molar-refractivity contribution in [3.63, 3.8) is 0 Å². The van der Waals surface area contributed by atoms with Crippen LogP contribution in [0.25, 0.3) is 10.9 Å². The van der Waals surface area contributed by atoms with Crippen LogP contribution in [0.4, 0.5) is 4.39 Å². The second-order valence-corrected chi connectivity index (χ2v) is 4.01. The van der Waals surface area contributed by atoms with Crippen molar-refractivity contribution in [3.05, 3.63) is 35.5 Å². The maximum Gasteiger partial charge on any atom is 0.115 e. The number of nitrogens with two attached hydrogens (primary N) is 1. The number of H-pyrrole nitrogens is 1. The lowest BCUT2D eigenvalue weighted by molar-refractivity contribution is 0.485. The van der Waals surface area contributed by atoms with Crippen molar-refractivity contribution in [2.24, 2.45) is 5.73 Å². The lowest BCUT2D eigenvalue weighted by Gasteiger charge is -2.03. The van der Waals surface area contributed by atoms with Crippen molar-refractivity contribution in [3.8, 4) is 0 Å². The predicted octanol–water partition coefficient (Wildman–Crippen LogP) is 2.53. The Labute approximate surface area is 88.3 Å². The highest BCUT2D eigenvalue weighted by atomic mass is 19.1. The second kappa shape index (κ2) is 4.03. The van der Waals surface area contributed by atoms with Crippen LogP contribution in [0.2, 0.25) is 0 Å². The fraction of sp³-hybridized carbons (Fsp3) is 0.333. The summed E-state index contributed by atoms with van der Waals surface area (Å²) in [6, 6.07) is 5.73. The molecule has 3 N–H and O–H groups in total. The van der Waals surface area contributed by atoms with Crippen molar-refractivity contribution in [2.45, 2.75) is 26.1 Å². The van der Waals surface area contributed by atoms with Gasteiger partial charge >= 0.3 is 0 Å². The zero-order valence-corrected chi connectivity index (χ0v) is 8.76. The Balaban J connectivity index is 2.46. The summed E-state index contributed by atoms with van der Waals surface area (Å²) in [5.41, 5.74) is 8.68. The first-order chi connectivity index (χ1) is 7.20. The molecule has 2 rings (SSSR count). The molecule has 1 aromatic heterocycles. The summed E-state index contributed by atoms with van der Waals surface area (Å²) in [6.07, 6.45) is 2.77. The van der Waals surface area contributed by atoms with E-state index in [1.165, 1.54) is 0 Å². The lowest BCUT2D eigenvalue weighted by atomic mass is 10.1. The van der Waals surface area contributed by atoms with E-state index in [0.29, 0.717) is 5.56 Å². The van der Waals surface area contributed by atoms with E-state index in [1.807, 2.05) is 25.3 Å². The Morgan fingerprint density at radius 2 is 2.27 bits per heavy atom. The highest BCUT2D eigenvalue weighted by molar-refractivity contribution is 5.83. The van der Waals surface area contributed by atoms with Gasteiger partial charge in [0.05, 0.1) is 0 Å². The maximum atomic E-state index is 12.5. The zero-order chi connectivity index (χ0) is 10.8. The number of aromatic amines is 1. The average molecular weight is 206 g/mol. The highest BCUT2D eigenvalue weighted by Gasteiger charge is 2.06. The fourth-order valence-corrected chi connectivity index (χ4v) is 1.82. The molecule has 0 saturated heterocycles. The minimum absolute atomic E-state index is 0.123. The molecule has 0 amide bonds. The Morgan fingerprint density at radius 3 is 2.93 bits per heavy atom. The van der Waals surface area contributed by atoms with Gasteiger partial charge in [0.25, 0.3) is 0 Å². The summed E-state index contributed by atoms with van der Waals surface area (Å²) >= 11 is 0. The summed E-state index contributed by atoms with van der Waals surface area (Å²) in [5.74, 6) is 0. The number of nitrogens with one attached hydrogen (secondary N) is 1. The van der Waals surface area contributed by atoms with Crippen LogP contribution in [0.15, 0.2) is 24.4 Å². The van der Waals surface area contributed by atoms with Gasteiger partial charge in [0.2, 0.25) is 0 Å². The molecule has 2 nitrogen and oxygen atoms in total. The second-order valence-electron chi connectivity index (χ2n) is 4.01. The van der Waals surface area contributed by atoms with Crippen LogP contribution in [0.1, 0.15) is 18.1 Å². The summed E-state index contributed by atoms with van der Waals surface area (Å²) < 4.78 is 12.5. The molecular formula is C12H15FN2. The van der Waals surface area contributed by atoms with Gasteiger partial charge in [-0.05, 0) is 36.6 Å². The van der Waals surface area contributed by atoms with Crippen LogP contribution in [0.3, 0.4) is 0 Å². The van der Waals surface area contributed by atoms with Crippen LogP contribution in [0, 0.1) is 0 Å². The van der Waals surface area contributed by atoms with E-state index in [0.717, 1.165) is 22.9 Å². The molecule has 1 heterocycles. The summed E-state index contributed by atoms with van der Waals surface area (Å²) in [7, 11) is 0. The normalized spacial score (nSPS) is 13.3. The van der Waals surface area contributed by atoms with E-state index in [2.05, 4.69) is 4.98 Å². The van der Waals surface area contributed by atoms with Crippen molar-refractivity contribution < 1.29 is 4.39 Å². The molecule has 0 bridgehead atoms. The Kier molecular flexibility index (Phi) is 2.73. The van der Waals surface area contributed by atoms with Crippen molar-refractivity contribution >= 4 is 10.9 Å². The molecule has 0 aliphatic carbocycles. The first kappa shape index (κ1) is 10.2. The van der Waals surface area contributed by atoms with Gasteiger partial charge in [-0.1, -0.05) is 6.07 Å². The molecule has 3 heteroatoms. The quantitative estimate of drug-likeness (QED) is 0.796. The van der Waals surface area contributed by atoms with Crippen molar-refractivity contribution in [1.29, 1.82) is 0 Å². The van der Waals surface area contributed by atoms with Gasteiger partial charge in [0.15, 0.2) is 0 Å². The first-order valence-corrected chi connectivity index (χ1v) is 5.11. The van der Waals surface area contributed by atoms with E-state index < -0.39 is 6.67 Å². The van der Waals surface area contributed by atoms with E-state index in [-0.39, 0.29) is 6.04 Å². The third-order valence-corrected chi connectivity index (χ3v) is 2.53. The SMILES string of the molecule is CC(N)Cc1c[nH]c2ccc(CF)cc12. The molecular weight excluding hydrogens is 191 g/mol. The topological polar surface area (TPSA) is 41.8 Å². The molecule has 0 radical (unpaired) electrons. The van der Waals surface area contributed by atoms with Gasteiger partial charge < -0.3 is 10.7 Å².